The number of carboxylic acids is 1. The molecule has 2 aromatic carbocycles. The van der Waals surface area contributed by atoms with Crippen LogP contribution in [0.4, 0.5) is 20.6 Å². The number of carbonyl (C=O) groups is 3. The number of nitrogens with zero attached hydrogens (tertiary/aromatic N) is 4. The molecule has 1 unspecified atom stereocenters. The van der Waals surface area contributed by atoms with Crippen molar-refractivity contribution in [1.29, 1.82) is 0 Å². The van der Waals surface area contributed by atoms with E-state index in [9.17, 15) is 24.3 Å². The van der Waals surface area contributed by atoms with Gasteiger partial charge in [0.05, 0.1) is 11.2 Å². The summed E-state index contributed by atoms with van der Waals surface area (Å²) in [6.07, 6.45) is 4.23. The number of carboxylic acid groups (broad SMARTS) is 1. The van der Waals surface area contributed by atoms with Gasteiger partial charge in [0.15, 0.2) is 0 Å². The highest BCUT2D eigenvalue weighted by molar-refractivity contribution is 5.95. The van der Waals surface area contributed by atoms with Crippen LogP contribution in [0, 0.1) is 5.82 Å². The van der Waals surface area contributed by atoms with Crippen LogP contribution in [-0.2, 0) is 22.7 Å². The summed E-state index contributed by atoms with van der Waals surface area (Å²) >= 11 is 0. The summed E-state index contributed by atoms with van der Waals surface area (Å²) in [4.78, 5) is 53.5. The van der Waals surface area contributed by atoms with Crippen LogP contribution in [-0.4, -0.2) is 89.9 Å². The first-order valence-electron chi connectivity index (χ1n) is 16.5. The quantitative estimate of drug-likeness (QED) is 0.0765. The number of hydrazine groups is 1. The molecule has 0 radical (unpaired) electrons. The fourth-order valence-corrected chi connectivity index (χ4v) is 5.76. The third-order valence-electron chi connectivity index (χ3n) is 8.47. The zero-order valence-electron chi connectivity index (χ0n) is 28.4. The van der Waals surface area contributed by atoms with E-state index in [1.165, 1.54) is 22.3 Å². The molecule has 1 atom stereocenters. The molecule has 1 fully saturated rings. The lowest BCUT2D eigenvalue weighted by atomic mass is 10.1. The topological polar surface area (TPSA) is 215 Å². The van der Waals surface area contributed by atoms with Crippen molar-refractivity contribution >= 4 is 40.2 Å². The van der Waals surface area contributed by atoms with Crippen molar-refractivity contribution in [2.24, 2.45) is 17.3 Å². The number of nitrogens with one attached hydrogen (secondary N) is 2. The van der Waals surface area contributed by atoms with E-state index in [0.29, 0.717) is 68.0 Å². The number of likely N-dealkylation sites (N-methyl/N-ethyl adjacent to an activating group) is 1. The molecule has 2 amide bonds. The van der Waals surface area contributed by atoms with Gasteiger partial charge in [0, 0.05) is 68.4 Å². The summed E-state index contributed by atoms with van der Waals surface area (Å²) in [7, 11) is 1.76. The summed E-state index contributed by atoms with van der Waals surface area (Å²) in [5, 5.41) is 16.5. The second-order valence-electron chi connectivity index (χ2n) is 12.0. The summed E-state index contributed by atoms with van der Waals surface area (Å²) < 4.78 is 22.4. The number of fused-ring (bicyclic) bond motifs is 1. The van der Waals surface area contributed by atoms with Crippen molar-refractivity contribution in [3.05, 3.63) is 81.7 Å². The number of hydrogen-bond donors (Lipinski definition) is 6. The van der Waals surface area contributed by atoms with Crippen LogP contribution in [0.5, 0.6) is 0 Å². The second kappa shape index (κ2) is 17.5. The van der Waals surface area contributed by atoms with E-state index in [2.05, 4.69) is 10.6 Å². The van der Waals surface area contributed by atoms with Gasteiger partial charge in [-0.25, -0.2) is 19.8 Å². The monoisotopic (exact) mass is 695 g/mol. The highest BCUT2D eigenvalue weighted by atomic mass is 19.1. The molecule has 1 saturated heterocycles. The molecule has 1 aliphatic rings. The van der Waals surface area contributed by atoms with Gasteiger partial charge < -0.3 is 51.3 Å². The van der Waals surface area contributed by atoms with Crippen LogP contribution in [0.3, 0.4) is 0 Å². The zero-order valence-corrected chi connectivity index (χ0v) is 28.4. The smallest absolute Gasteiger partial charge is 0.410 e. The molecule has 1 aliphatic heterocycles. The number of halogens is 1. The average Bonchev–Trinajstić information content (AvgIpc) is 3.09. The standard InChI is InChI=1S/C34H46FN9O6/c1-3-41-20-26(33(47)48)31(45)25-16-27(35)30(17-29(25)41)42-12-14-43(15-13-42)34(49)50-21-22-7-9-24(10-8-22)40-32(46)28(6-4-5-11-36)44(38)19-23(37)18-39-2/h7-10,16-17,19-20,28,39H,3-6,11-15,18,21,36-38H2,1-2H3,(H,40,46)(H,47,48)/b23-19-. The Morgan fingerprint density at radius 3 is 2.44 bits per heavy atom. The van der Waals surface area contributed by atoms with Crippen molar-refractivity contribution < 1.29 is 28.6 Å². The molecule has 0 bridgehead atoms. The van der Waals surface area contributed by atoms with E-state index in [-0.39, 0.29) is 36.7 Å². The van der Waals surface area contributed by atoms with Crippen molar-refractivity contribution in [2.75, 3.05) is 56.5 Å². The number of anilines is 2. The summed E-state index contributed by atoms with van der Waals surface area (Å²) in [5.74, 6) is 3.87. The van der Waals surface area contributed by atoms with Gasteiger partial charge in [-0.1, -0.05) is 12.1 Å². The normalized spacial score (nSPS) is 14.1. The van der Waals surface area contributed by atoms with Crippen molar-refractivity contribution in [1.82, 2.24) is 19.8 Å². The number of hydrogen-bond acceptors (Lipinski definition) is 11. The van der Waals surface area contributed by atoms with Gasteiger partial charge in [0.25, 0.3) is 0 Å². The van der Waals surface area contributed by atoms with E-state index in [4.69, 9.17) is 22.0 Å². The first-order chi connectivity index (χ1) is 24.0. The second-order valence-corrected chi connectivity index (χ2v) is 12.0. The number of nitrogens with two attached hydrogens (primary N) is 3. The minimum atomic E-state index is -1.37. The Bertz CT molecular complexity index is 1760. The van der Waals surface area contributed by atoms with Crippen LogP contribution in [0.2, 0.25) is 0 Å². The van der Waals surface area contributed by atoms with Crippen molar-refractivity contribution in [2.45, 2.75) is 45.4 Å². The van der Waals surface area contributed by atoms with Crippen LogP contribution in [0.1, 0.15) is 42.1 Å². The third kappa shape index (κ3) is 9.28. The Hall–Kier alpha value is -5.19. The SMILES string of the molecule is CCn1cc(C(=O)O)c(=O)c2cc(F)c(N3CCN(C(=O)OCc4ccc(NC(=O)C(CCCCN)N(N)/C=C(\N)CNC)cc4)CC3)cc21. The summed E-state index contributed by atoms with van der Waals surface area (Å²) in [6, 6.07) is 8.87. The summed E-state index contributed by atoms with van der Waals surface area (Å²) in [6.45, 7) is 4.31. The molecular formula is C34H46FN9O6. The molecule has 270 valence electrons. The maximum absolute atomic E-state index is 15.2. The van der Waals surface area contributed by atoms with E-state index in [0.717, 1.165) is 12.5 Å². The molecule has 3 aromatic rings. The van der Waals surface area contributed by atoms with Gasteiger partial charge in [0.1, 0.15) is 24.0 Å². The number of pyridine rings is 1. The molecule has 16 heteroatoms. The number of ether oxygens (including phenoxy) is 1. The van der Waals surface area contributed by atoms with Crippen molar-refractivity contribution in [3.8, 4) is 0 Å². The highest BCUT2D eigenvalue weighted by Crippen LogP contribution is 2.27. The van der Waals surface area contributed by atoms with Gasteiger partial charge in [-0.15, -0.1) is 0 Å². The predicted octanol–water partition coefficient (Wildman–Crippen LogP) is 1.95. The van der Waals surface area contributed by atoms with Crippen molar-refractivity contribution in [3.63, 3.8) is 0 Å². The summed E-state index contributed by atoms with van der Waals surface area (Å²) in [5.41, 5.74) is 12.9. The highest BCUT2D eigenvalue weighted by Gasteiger charge is 2.26. The Labute approximate surface area is 289 Å². The predicted molar refractivity (Wildman–Crippen MR) is 189 cm³/mol. The lowest BCUT2D eigenvalue weighted by Gasteiger charge is -2.35. The number of amides is 2. The van der Waals surface area contributed by atoms with Gasteiger partial charge in [-0.05, 0) is 69.6 Å². The molecule has 0 aliphatic carbocycles. The average molecular weight is 696 g/mol. The minimum absolute atomic E-state index is 0.00542. The van der Waals surface area contributed by atoms with Crippen LogP contribution >= 0.6 is 0 Å². The molecule has 15 nitrogen and oxygen atoms in total. The maximum atomic E-state index is 15.2. The number of aromatic carboxylic acids is 1. The maximum Gasteiger partial charge on any atom is 0.410 e. The lowest BCUT2D eigenvalue weighted by molar-refractivity contribution is -0.120. The molecule has 4 rings (SSSR count). The number of piperazine rings is 1. The van der Waals surface area contributed by atoms with E-state index in [1.54, 1.807) is 53.8 Å². The fraction of sp³-hybridized carbons (Fsp3) is 0.412. The molecule has 2 heterocycles. The van der Waals surface area contributed by atoms with E-state index < -0.39 is 34.9 Å². The first kappa shape index (κ1) is 37.6. The van der Waals surface area contributed by atoms with Crippen LogP contribution in [0.25, 0.3) is 10.9 Å². The Balaban J connectivity index is 1.32. The molecule has 9 N–H and O–H groups in total. The molecule has 0 spiro atoms. The fourth-order valence-electron chi connectivity index (χ4n) is 5.76. The van der Waals surface area contributed by atoms with Gasteiger partial charge >= 0.3 is 12.1 Å². The lowest BCUT2D eigenvalue weighted by Crippen LogP contribution is -2.49. The number of benzene rings is 2. The first-order valence-corrected chi connectivity index (χ1v) is 16.5. The van der Waals surface area contributed by atoms with Gasteiger partial charge in [0.2, 0.25) is 11.3 Å². The molecule has 50 heavy (non-hydrogen) atoms. The number of carbonyl (C=O) groups excluding carboxylic acids is 2. The number of rotatable bonds is 15. The van der Waals surface area contributed by atoms with E-state index >= 15 is 4.39 Å². The van der Waals surface area contributed by atoms with E-state index in [1.807, 2.05) is 0 Å². The minimum Gasteiger partial charge on any atom is -0.477 e. The Kier molecular flexibility index (Phi) is 13.1. The van der Waals surface area contributed by atoms with Crippen LogP contribution in [0.15, 0.2) is 59.3 Å². The number of aryl methyl sites for hydroxylation is 1. The van der Waals surface area contributed by atoms with Gasteiger partial charge in [-0.3, -0.25) is 9.59 Å². The molecule has 0 saturated carbocycles. The van der Waals surface area contributed by atoms with Crippen LogP contribution < -0.4 is 38.3 Å². The molecule has 1 aromatic heterocycles. The zero-order chi connectivity index (χ0) is 36.4. The number of unbranched alkanes of at least 4 members (excludes halogenated alkanes) is 1. The number of aromatic nitrogens is 1. The van der Waals surface area contributed by atoms with Gasteiger partial charge in [-0.2, -0.15) is 0 Å². The third-order valence-corrected chi connectivity index (χ3v) is 8.47. The Morgan fingerprint density at radius 2 is 1.82 bits per heavy atom. The molecular weight excluding hydrogens is 649 g/mol. The largest absolute Gasteiger partial charge is 0.477 e. The Morgan fingerprint density at radius 1 is 1.12 bits per heavy atom.